The number of halogens is 1. The Morgan fingerprint density at radius 3 is 2.48 bits per heavy atom. The largest absolute Gasteiger partial charge is 0.398 e. The quantitative estimate of drug-likeness (QED) is 0.848. The van der Waals surface area contributed by atoms with Gasteiger partial charge in [0.15, 0.2) is 0 Å². The minimum Gasteiger partial charge on any atom is -0.398 e. The first-order chi connectivity index (χ1) is 9.81. The van der Waals surface area contributed by atoms with Gasteiger partial charge in [0.1, 0.15) is 4.90 Å². The maximum Gasteiger partial charge on any atom is 0.243 e. The molecule has 1 unspecified atom stereocenters. The lowest BCUT2D eigenvalue weighted by Gasteiger charge is -2.17. The summed E-state index contributed by atoms with van der Waals surface area (Å²) in [5, 5.41) is 0.518. The van der Waals surface area contributed by atoms with Crippen LogP contribution in [0.15, 0.2) is 47.4 Å². The van der Waals surface area contributed by atoms with Crippen molar-refractivity contribution in [1.82, 2.24) is 4.72 Å². The molecule has 0 aliphatic carbocycles. The van der Waals surface area contributed by atoms with Gasteiger partial charge in [0, 0.05) is 11.1 Å². The van der Waals surface area contributed by atoms with Crippen LogP contribution >= 0.6 is 11.6 Å². The fourth-order valence-electron chi connectivity index (χ4n) is 2.10. The van der Waals surface area contributed by atoms with E-state index in [1.54, 1.807) is 37.3 Å². The number of hydrogen-bond donors (Lipinski definition) is 2. The first kappa shape index (κ1) is 15.8. The van der Waals surface area contributed by atoms with Crippen LogP contribution in [0.1, 0.15) is 24.1 Å². The fraction of sp³-hybridized carbons (Fsp3) is 0.200. The van der Waals surface area contributed by atoms with Crippen LogP contribution in [-0.2, 0) is 10.0 Å². The summed E-state index contributed by atoms with van der Waals surface area (Å²) >= 11 is 6.09. The Hall–Kier alpha value is -1.56. The molecule has 0 amide bonds. The second-order valence-corrected chi connectivity index (χ2v) is 7.00. The molecule has 0 saturated carbocycles. The van der Waals surface area contributed by atoms with Crippen molar-refractivity contribution < 1.29 is 8.42 Å². The lowest BCUT2D eigenvalue weighted by atomic mass is 10.1. The third-order valence-electron chi connectivity index (χ3n) is 3.16. The molecule has 3 N–H and O–H groups in total. The maximum absolute atomic E-state index is 12.4. The highest BCUT2D eigenvalue weighted by Gasteiger charge is 2.21. The van der Waals surface area contributed by atoms with Gasteiger partial charge < -0.3 is 5.73 Å². The Morgan fingerprint density at radius 2 is 1.86 bits per heavy atom. The molecule has 4 nitrogen and oxygen atoms in total. The summed E-state index contributed by atoms with van der Waals surface area (Å²) in [6.07, 6.45) is 0. The number of anilines is 1. The van der Waals surface area contributed by atoms with Crippen LogP contribution in [0, 0.1) is 6.92 Å². The highest BCUT2D eigenvalue weighted by atomic mass is 35.5. The van der Waals surface area contributed by atoms with Gasteiger partial charge in [0.25, 0.3) is 0 Å². The molecule has 2 aromatic carbocycles. The van der Waals surface area contributed by atoms with Crippen LogP contribution in [0.4, 0.5) is 5.69 Å². The second kappa shape index (κ2) is 6.05. The number of nitrogen functional groups attached to an aromatic ring is 1. The predicted octanol–water partition coefficient (Wildman–Crippen LogP) is 3.27. The molecule has 0 heterocycles. The number of aryl methyl sites for hydroxylation is 1. The highest BCUT2D eigenvalue weighted by Crippen LogP contribution is 2.25. The van der Waals surface area contributed by atoms with E-state index in [1.807, 2.05) is 13.0 Å². The summed E-state index contributed by atoms with van der Waals surface area (Å²) in [5.74, 6) is 0. The van der Waals surface area contributed by atoms with E-state index < -0.39 is 16.1 Å². The van der Waals surface area contributed by atoms with Crippen LogP contribution in [-0.4, -0.2) is 8.42 Å². The van der Waals surface area contributed by atoms with Gasteiger partial charge in [-0.1, -0.05) is 35.9 Å². The SMILES string of the molecule is Cc1ccc(S(=O)(=O)NC(C)c2ccccc2Cl)c(N)c1. The third-order valence-corrected chi connectivity index (χ3v) is 5.12. The van der Waals surface area contributed by atoms with E-state index in [0.29, 0.717) is 10.6 Å². The fourth-order valence-corrected chi connectivity index (χ4v) is 3.73. The normalized spacial score (nSPS) is 13.1. The number of rotatable bonds is 4. The molecule has 0 aliphatic rings. The van der Waals surface area contributed by atoms with Gasteiger partial charge in [-0.3, -0.25) is 0 Å². The summed E-state index contributed by atoms with van der Waals surface area (Å²) in [6.45, 7) is 3.59. The van der Waals surface area contributed by atoms with E-state index in [9.17, 15) is 8.42 Å². The van der Waals surface area contributed by atoms with E-state index in [4.69, 9.17) is 17.3 Å². The van der Waals surface area contributed by atoms with E-state index in [2.05, 4.69) is 4.72 Å². The van der Waals surface area contributed by atoms with Crippen molar-refractivity contribution in [3.05, 3.63) is 58.6 Å². The molecule has 21 heavy (non-hydrogen) atoms. The van der Waals surface area contributed by atoms with Crippen molar-refractivity contribution in [2.45, 2.75) is 24.8 Å². The minimum absolute atomic E-state index is 0.0759. The first-order valence-corrected chi connectivity index (χ1v) is 8.30. The first-order valence-electron chi connectivity index (χ1n) is 6.44. The zero-order chi connectivity index (χ0) is 15.6. The molecule has 0 radical (unpaired) electrons. The number of benzene rings is 2. The van der Waals surface area contributed by atoms with Crippen molar-refractivity contribution in [3.8, 4) is 0 Å². The Kier molecular flexibility index (Phi) is 4.56. The average Bonchev–Trinajstić information content (AvgIpc) is 2.37. The third kappa shape index (κ3) is 3.56. The van der Waals surface area contributed by atoms with Gasteiger partial charge in [-0.05, 0) is 43.2 Å². The Balaban J connectivity index is 2.31. The van der Waals surface area contributed by atoms with Gasteiger partial charge in [0.05, 0.1) is 5.69 Å². The van der Waals surface area contributed by atoms with E-state index in [-0.39, 0.29) is 10.6 Å². The summed E-state index contributed by atoms with van der Waals surface area (Å²) in [7, 11) is -3.71. The Labute approximate surface area is 130 Å². The molecule has 2 rings (SSSR count). The average molecular weight is 325 g/mol. The summed E-state index contributed by atoms with van der Waals surface area (Å²) < 4.78 is 27.4. The lowest BCUT2D eigenvalue weighted by molar-refractivity contribution is 0.567. The lowest BCUT2D eigenvalue weighted by Crippen LogP contribution is -2.27. The van der Waals surface area contributed by atoms with E-state index in [0.717, 1.165) is 5.56 Å². The summed E-state index contributed by atoms with van der Waals surface area (Å²) in [5.41, 5.74) is 7.66. The smallest absolute Gasteiger partial charge is 0.243 e. The summed E-state index contributed by atoms with van der Waals surface area (Å²) in [6, 6.07) is 11.5. The Morgan fingerprint density at radius 1 is 1.19 bits per heavy atom. The van der Waals surface area contributed by atoms with Crippen molar-refractivity contribution >= 4 is 27.3 Å². The predicted molar refractivity (Wildman–Crippen MR) is 85.8 cm³/mol. The van der Waals surface area contributed by atoms with Gasteiger partial charge in [0.2, 0.25) is 10.0 Å². The number of sulfonamides is 1. The number of nitrogens with two attached hydrogens (primary N) is 1. The zero-order valence-electron chi connectivity index (χ0n) is 11.8. The second-order valence-electron chi connectivity index (χ2n) is 4.91. The van der Waals surface area contributed by atoms with Crippen LogP contribution in [0.25, 0.3) is 0 Å². The molecular weight excluding hydrogens is 308 g/mol. The molecule has 1 atom stereocenters. The van der Waals surface area contributed by atoms with E-state index >= 15 is 0 Å². The molecule has 0 aliphatic heterocycles. The molecule has 0 bridgehead atoms. The van der Waals surface area contributed by atoms with Crippen LogP contribution in [0.3, 0.4) is 0 Å². The van der Waals surface area contributed by atoms with Gasteiger partial charge in [-0.25, -0.2) is 13.1 Å². The van der Waals surface area contributed by atoms with Crippen molar-refractivity contribution in [2.75, 3.05) is 5.73 Å². The highest BCUT2D eigenvalue weighted by molar-refractivity contribution is 7.89. The minimum atomic E-state index is -3.71. The van der Waals surface area contributed by atoms with Crippen molar-refractivity contribution in [2.24, 2.45) is 0 Å². The molecule has 0 spiro atoms. The maximum atomic E-state index is 12.4. The van der Waals surface area contributed by atoms with Crippen molar-refractivity contribution in [3.63, 3.8) is 0 Å². The summed E-state index contributed by atoms with van der Waals surface area (Å²) in [4.78, 5) is 0.0759. The zero-order valence-corrected chi connectivity index (χ0v) is 13.4. The molecule has 0 aromatic heterocycles. The Bertz CT molecular complexity index is 760. The molecule has 0 fully saturated rings. The van der Waals surface area contributed by atoms with Gasteiger partial charge >= 0.3 is 0 Å². The molecule has 6 heteroatoms. The molecule has 112 valence electrons. The molecule has 0 saturated heterocycles. The van der Waals surface area contributed by atoms with Crippen molar-refractivity contribution in [1.29, 1.82) is 0 Å². The molecule has 2 aromatic rings. The van der Waals surface area contributed by atoms with Crippen LogP contribution in [0.2, 0.25) is 5.02 Å². The van der Waals surface area contributed by atoms with Gasteiger partial charge in [-0.15, -0.1) is 0 Å². The topological polar surface area (TPSA) is 72.2 Å². The number of hydrogen-bond acceptors (Lipinski definition) is 3. The monoisotopic (exact) mass is 324 g/mol. The molecular formula is C15H17ClN2O2S. The standard InChI is InChI=1S/C15H17ClN2O2S/c1-10-7-8-15(14(17)9-10)21(19,20)18-11(2)12-5-3-4-6-13(12)16/h3-9,11,18H,17H2,1-2H3. The van der Waals surface area contributed by atoms with Gasteiger partial charge in [-0.2, -0.15) is 0 Å². The number of nitrogens with one attached hydrogen (secondary N) is 1. The van der Waals surface area contributed by atoms with E-state index in [1.165, 1.54) is 6.07 Å². The van der Waals surface area contributed by atoms with Crippen LogP contribution < -0.4 is 10.5 Å². The van der Waals surface area contributed by atoms with Crippen LogP contribution in [0.5, 0.6) is 0 Å².